The van der Waals surface area contributed by atoms with Gasteiger partial charge in [0.25, 0.3) is 5.56 Å². The molecule has 6 nitrogen and oxygen atoms in total. The van der Waals surface area contributed by atoms with E-state index < -0.39 is 10.0 Å². The molecule has 0 radical (unpaired) electrons. The molecule has 114 valence electrons. The highest BCUT2D eigenvalue weighted by molar-refractivity contribution is 9.10. The van der Waals surface area contributed by atoms with E-state index in [0.717, 1.165) is 0 Å². The Labute approximate surface area is 132 Å². The Morgan fingerprint density at radius 1 is 1.43 bits per heavy atom. The van der Waals surface area contributed by atoms with Crippen molar-refractivity contribution in [3.05, 3.63) is 27.1 Å². The number of likely N-dealkylation sites (N-methyl/N-ethyl adjacent to an activating group) is 1. The summed E-state index contributed by atoms with van der Waals surface area (Å²) < 4.78 is 26.8. The predicted molar refractivity (Wildman–Crippen MR) is 83.4 cm³/mol. The van der Waals surface area contributed by atoms with E-state index in [-0.39, 0.29) is 21.0 Å². The van der Waals surface area contributed by atoms with Gasteiger partial charge >= 0.3 is 0 Å². The molecular formula is C13H16BrN3O3S. The summed E-state index contributed by atoms with van der Waals surface area (Å²) in [6.07, 6.45) is 1.22. The summed E-state index contributed by atoms with van der Waals surface area (Å²) in [4.78, 5) is 15.8. The lowest BCUT2D eigenvalue weighted by Crippen LogP contribution is -2.52. The number of nitrogens with one attached hydrogen (secondary N) is 1. The van der Waals surface area contributed by atoms with E-state index in [9.17, 15) is 13.2 Å². The van der Waals surface area contributed by atoms with Gasteiger partial charge in [0.15, 0.2) is 0 Å². The topological polar surface area (TPSA) is 73.5 Å². The number of hydrogen-bond donors (Lipinski definition) is 1. The van der Waals surface area contributed by atoms with Crippen molar-refractivity contribution in [2.75, 3.05) is 26.7 Å². The van der Waals surface area contributed by atoms with Gasteiger partial charge in [-0.05, 0) is 36.0 Å². The zero-order valence-electron chi connectivity index (χ0n) is 11.8. The fourth-order valence-corrected chi connectivity index (χ4v) is 4.07. The lowest BCUT2D eigenvalue weighted by atomic mass is 10.2. The molecule has 1 aliphatic heterocycles. The molecule has 1 saturated heterocycles. The first kappa shape index (κ1) is 16.2. The van der Waals surface area contributed by atoms with Crippen LogP contribution in [0.15, 0.2) is 26.4 Å². The second-order valence-electron chi connectivity index (χ2n) is 4.77. The number of hydrogen-bond acceptors (Lipinski definition) is 4. The van der Waals surface area contributed by atoms with Crippen molar-refractivity contribution >= 4 is 26.0 Å². The smallest absolute Gasteiger partial charge is 0.262 e. The third-order valence-electron chi connectivity index (χ3n) is 3.39. The number of H-pyrrole nitrogens is 1. The van der Waals surface area contributed by atoms with Crippen LogP contribution < -0.4 is 5.56 Å². The monoisotopic (exact) mass is 373 g/mol. The molecule has 2 heterocycles. The third kappa shape index (κ3) is 3.37. The van der Waals surface area contributed by atoms with Crippen LogP contribution in [0.4, 0.5) is 0 Å². The lowest BCUT2D eigenvalue weighted by Gasteiger charge is -2.36. The summed E-state index contributed by atoms with van der Waals surface area (Å²) in [6, 6.07) is 1.21. The number of pyridine rings is 1. The van der Waals surface area contributed by atoms with Gasteiger partial charge < -0.3 is 4.98 Å². The van der Waals surface area contributed by atoms with Crippen molar-refractivity contribution < 1.29 is 8.42 Å². The van der Waals surface area contributed by atoms with E-state index in [2.05, 4.69) is 32.8 Å². The summed E-state index contributed by atoms with van der Waals surface area (Å²) in [5.41, 5.74) is -0.359. The maximum Gasteiger partial charge on any atom is 0.262 e. The summed E-state index contributed by atoms with van der Waals surface area (Å²) in [7, 11) is -1.71. The number of nitrogens with zero attached hydrogens (tertiary/aromatic N) is 2. The molecule has 1 aromatic rings. The van der Waals surface area contributed by atoms with Gasteiger partial charge in [0.05, 0.1) is 15.4 Å². The molecular weight excluding hydrogens is 358 g/mol. The van der Waals surface area contributed by atoms with Gasteiger partial charge in [0, 0.05) is 25.8 Å². The first-order valence-corrected chi connectivity index (χ1v) is 8.60. The van der Waals surface area contributed by atoms with E-state index in [1.165, 1.54) is 16.6 Å². The lowest BCUT2D eigenvalue weighted by molar-refractivity contribution is 0.183. The molecule has 1 N–H and O–H groups in total. The molecule has 21 heavy (non-hydrogen) atoms. The van der Waals surface area contributed by atoms with Crippen LogP contribution in [0.5, 0.6) is 0 Å². The SMILES string of the molecule is CC#CC1CN(S(=O)(=O)c2c[nH]c(=O)c(Br)c2)CCN1C. The maximum absolute atomic E-state index is 12.6. The van der Waals surface area contributed by atoms with Crippen LogP contribution in [0.3, 0.4) is 0 Å². The van der Waals surface area contributed by atoms with E-state index in [1.807, 2.05) is 11.9 Å². The van der Waals surface area contributed by atoms with Crippen LogP contribution in [-0.4, -0.2) is 55.3 Å². The highest BCUT2D eigenvalue weighted by Gasteiger charge is 2.32. The average molecular weight is 374 g/mol. The van der Waals surface area contributed by atoms with E-state index >= 15 is 0 Å². The first-order valence-electron chi connectivity index (χ1n) is 6.37. The highest BCUT2D eigenvalue weighted by atomic mass is 79.9. The van der Waals surface area contributed by atoms with Crippen LogP contribution in [0, 0.1) is 11.8 Å². The molecule has 1 aliphatic rings. The number of piperazine rings is 1. The minimum absolute atomic E-state index is 0.0711. The van der Waals surface area contributed by atoms with Crippen molar-refractivity contribution in [1.82, 2.24) is 14.2 Å². The van der Waals surface area contributed by atoms with Crippen molar-refractivity contribution in [3.8, 4) is 11.8 Å². The van der Waals surface area contributed by atoms with E-state index in [0.29, 0.717) is 19.6 Å². The average Bonchev–Trinajstić information content (AvgIpc) is 2.44. The van der Waals surface area contributed by atoms with Gasteiger partial charge in [-0.2, -0.15) is 4.31 Å². The fraction of sp³-hybridized carbons (Fsp3) is 0.462. The Kier molecular flexibility index (Phi) is 4.88. The summed E-state index contributed by atoms with van der Waals surface area (Å²) in [6.45, 7) is 3.07. The highest BCUT2D eigenvalue weighted by Crippen LogP contribution is 2.20. The zero-order chi connectivity index (χ0) is 15.6. The number of aromatic nitrogens is 1. The van der Waals surface area contributed by atoms with Crippen molar-refractivity contribution in [2.45, 2.75) is 17.9 Å². The number of rotatable bonds is 2. The molecule has 1 unspecified atom stereocenters. The van der Waals surface area contributed by atoms with Crippen molar-refractivity contribution in [3.63, 3.8) is 0 Å². The molecule has 1 fully saturated rings. The summed E-state index contributed by atoms with van der Waals surface area (Å²) >= 11 is 3.05. The van der Waals surface area contributed by atoms with Gasteiger partial charge in [-0.3, -0.25) is 9.69 Å². The molecule has 0 aromatic carbocycles. The summed E-state index contributed by atoms with van der Waals surface area (Å²) in [5.74, 6) is 5.84. The summed E-state index contributed by atoms with van der Waals surface area (Å²) in [5, 5.41) is 0. The Bertz CT molecular complexity index is 748. The van der Waals surface area contributed by atoms with Crippen molar-refractivity contribution in [1.29, 1.82) is 0 Å². The first-order chi connectivity index (χ1) is 9.86. The largest absolute Gasteiger partial charge is 0.327 e. The molecule has 0 aliphatic carbocycles. The van der Waals surface area contributed by atoms with E-state index in [4.69, 9.17) is 0 Å². The van der Waals surface area contributed by atoms with Crippen LogP contribution in [0.25, 0.3) is 0 Å². The molecule has 0 spiro atoms. The maximum atomic E-state index is 12.6. The van der Waals surface area contributed by atoms with Gasteiger partial charge in [-0.15, -0.1) is 5.92 Å². The fourth-order valence-electron chi connectivity index (χ4n) is 2.13. The third-order valence-corrected chi connectivity index (χ3v) is 5.82. The molecule has 0 saturated carbocycles. The Hall–Kier alpha value is -1.14. The minimum atomic E-state index is -3.64. The Morgan fingerprint density at radius 2 is 2.14 bits per heavy atom. The minimum Gasteiger partial charge on any atom is -0.327 e. The predicted octanol–water partition coefficient (Wildman–Crippen LogP) is 0.465. The second kappa shape index (κ2) is 6.32. The molecule has 2 rings (SSSR count). The zero-order valence-corrected chi connectivity index (χ0v) is 14.2. The van der Waals surface area contributed by atoms with Crippen molar-refractivity contribution in [2.24, 2.45) is 0 Å². The van der Waals surface area contributed by atoms with Gasteiger partial charge in [-0.1, -0.05) is 5.92 Å². The standard InChI is InChI=1S/C13H16BrN3O3S/c1-3-4-10-9-17(6-5-16(10)2)21(19,20)11-7-12(14)13(18)15-8-11/h7-8,10H,5-6,9H2,1-2H3,(H,15,18). The Balaban J connectivity index is 2.32. The number of halogens is 1. The van der Waals surface area contributed by atoms with Crippen LogP contribution in [-0.2, 0) is 10.0 Å². The Morgan fingerprint density at radius 3 is 2.76 bits per heavy atom. The van der Waals surface area contributed by atoms with Gasteiger partial charge in [-0.25, -0.2) is 8.42 Å². The molecule has 0 amide bonds. The van der Waals surface area contributed by atoms with E-state index in [1.54, 1.807) is 6.92 Å². The quantitative estimate of drug-likeness (QED) is 0.764. The number of aromatic amines is 1. The molecule has 1 atom stereocenters. The van der Waals surface area contributed by atoms with Crippen LogP contribution >= 0.6 is 15.9 Å². The molecule has 8 heteroatoms. The second-order valence-corrected chi connectivity index (χ2v) is 7.56. The number of sulfonamides is 1. The molecule has 0 bridgehead atoms. The van der Waals surface area contributed by atoms with Gasteiger partial charge in [0.1, 0.15) is 0 Å². The van der Waals surface area contributed by atoms with Gasteiger partial charge in [0.2, 0.25) is 10.0 Å². The van der Waals surface area contributed by atoms with Crippen LogP contribution in [0.2, 0.25) is 0 Å². The molecule has 1 aromatic heterocycles. The van der Waals surface area contributed by atoms with Crippen LogP contribution in [0.1, 0.15) is 6.92 Å². The normalized spacial score (nSPS) is 20.8.